The molecule has 1 amide bonds. The van der Waals surface area contributed by atoms with Crippen molar-refractivity contribution >= 4 is 16.8 Å². The average molecular weight is 459 g/mol. The second kappa shape index (κ2) is 9.09. The number of amides is 1. The molecule has 5 rings (SSSR count). The number of methoxy groups -OCH3 is 3. The van der Waals surface area contributed by atoms with Gasteiger partial charge in [0.2, 0.25) is 5.75 Å². The van der Waals surface area contributed by atoms with Crippen molar-refractivity contribution in [1.29, 1.82) is 0 Å². The molecule has 7 nitrogen and oxygen atoms in total. The molecule has 2 aromatic carbocycles. The molecular weight excluding hydrogens is 432 g/mol. The van der Waals surface area contributed by atoms with E-state index in [4.69, 9.17) is 23.6 Å². The monoisotopic (exact) mass is 458 g/mol. The number of hydrogen-bond acceptors (Lipinski definition) is 6. The summed E-state index contributed by atoms with van der Waals surface area (Å²) in [6, 6.07) is 17.2. The number of nitrogens with zero attached hydrogens (tertiary/aromatic N) is 2. The van der Waals surface area contributed by atoms with Gasteiger partial charge in [-0.25, -0.2) is 4.98 Å². The second-order valence-electron chi connectivity index (χ2n) is 8.23. The largest absolute Gasteiger partial charge is 0.493 e. The molecule has 1 aliphatic carbocycles. The number of para-hydroxylation sites is 1. The molecule has 1 aliphatic rings. The number of pyridine rings is 1. The number of aromatic nitrogens is 1. The van der Waals surface area contributed by atoms with Crippen molar-refractivity contribution in [3.63, 3.8) is 0 Å². The van der Waals surface area contributed by atoms with Crippen LogP contribution in [0, 0.1) is 0 Å². The minimum Gasteiger partial charge on any atom is -0.493 e. The number of benzene rings is 2. The molecule has 0 unspecified atom stereocenters. The highest BCUT2D eigenvalue weighted by Crippen LogP contribution is 2.41. The zero-order valence-corrected chi connectivity index (χ0v) is 19.4. The lowest BCUT2D eigenvalue weighted by atomic mass is 10.0. The summed E-state index contributed by atoms with van der Waals surface area (Å²) in [5, 5.41) is 0.814. The molecule has 7 heteroatoms. The van der Waals surface area contributed by atoms with Crippen LogP contribution in [0.4, 0.5) is 0 Å². The standard InChI is InChI=1S/C27H26N2O5/c1-31-24-13-17(14-25(32-2)26(24)33-3)23-15-21(20-8-4-5-9-22(20)28-23)27(30)29(18-10-11-18)16-19-7-6-12-34-19/h4-9,12-15,18H,10-11,16H2,1-3H3. The van der Waals surface area contributed by atoms with Crippen LogP contribution in [-0.4, -0.2) is 43.2 Å². The maximum absolute atomic E-state index is 13.9. The van der Waals surface area contributed by atoms with Crippen LogP contribution >= 0.6 is 0 Å². The zero-order chi connectivity index (χ0) is 23.7. The van der Waals surface area contributed by atoms with Gasteiger partial charge in [-0.2, -0.15) is 0 Å². The smallest absolute Gasteiger partial charge is 0.255 e. The zero-order valence-electron chi connectivity index (χ0n) is 19.4. The van der Waals surface area contributed by atoms with E-state index in [-0.39, 0.29) is 11.9 Å². The number of carbonyl (C=O) groups excluding carboxylic acids is 1. The van der Waals surface area contributed by atoms with E-state index >= 15 is 0 Å². The first-order chi connectivity index (χ1) is 16.6. The molecule has 0 spiro atoms. The van der Waals surface area contributed by atoms with Gasteiger partial charge in [0, 0.05) is 17.0 Å². The van der Waals surface area contributed by atoms with Crippen molar-refractivity contribution < 1.29 is 23.4 Å². The number of carbonyl (C=O) groups is 1. The fourth-order valence-corrected chi connectivity index (χ4v) is 4.21. The van der Waals surface area contributed by atoms with Gasteiger partial charge in [0.1, 0.15) is 5.76 Å². The summed E-state index contributed by atoms with van der Waals surface area (Å²) in [4.78, 5) is 20.6. The summed E-state index contributed by atoms with van der Waals surface area (Å²) in [7, 11) is 4.72. The van der Waals surface area contributed by atoms with Crippen LogP contribution in [0.1, 0.15) is 29.0 Å². The Bertz CT molecular complexity index is 1300. The topological polar surface area (TPSA) is 74.0 Å². The molecule has 1 saturated carbocycles. The summed E-state index contributed by atoms with van der Waals surface area (Å²) in [6.07, 6.45) is 3.62. The van der Waals surface area contributed by atoms with E-state index in [9.17, 15) is 4.79 Å². The number of hydrogen-bond donors (Lipinski definition) is 0. The number of rotatable bonds is 8. The Labute approximate surface area is 197 Å². The van der Waals surface area contributed by atoms with Crippen LogP contribution in [0.2, 0.25) is 0 Å². The Balaban J connectivity index is 1.63. The van der Waals surface area contributed by atoms with Crippen LogP contribution in [-0.2, 0) is 6.54 Å². The highest BCUT2D eigenvalue weighted by molar-refractivity contribution is 6.07. The average Bonchev–Trinajstić information content (AvgIpc) is 3.59. The molecule has 0 atom stereocenters. The van der Waals surface area contributed by atoms with E-state index in [0.29, 0.717) is 35.1 Å². The molecule has 0 saturated heterocycles. The van der Waals surface area contributed by atoms with Crippen LogP contribution in [0.5, 0.6) is 17.2 Å². The van der Waals surface area contributed by atoms with Gasteiger partial charge in [-0.15, -0.1) is 0 Å². The minimum atomic E-state index is -0.0359. The molecule has 0 N–H and O–H groups in total. The summed E-state index contributed by atoms with van der Waals surface area (Å²) < 4.78 is 22.0. The van der Waals surface area contributed by atoms with Gasteiger partial charge in [-0.3, -0.25) is 4.79 Å². The molecular formula is C27H26N2O5. The van der Waals surface area contributed by atoms with E-state index in [1.807, 2.05) is 59.5 Å². The quantitative estimate of drug-likeness (QED) is 0.356. The third kappa shape index (κ3) is 4.05. The van der Waals surface area contributed by atoms with E-state index in [1.54, 1.807) is 27.6 Å². The molecule has 174 valence electrons. The van der Waals surface area contributed by atoms with Gasteiger partial charge in [-0.05, 0) is 49.2 Å². The minimum absolute atomic E-state index is 0.0359. The Morgan fingerprint density at radius 2 is 1.74 bits per heavy atom. The van der Waals surface area contributed by atoms with Crippen molar-refractivity contribution in [3.05, 3.63) is 72.2 Å². The van der Waals surface area contributed by atoms with E-state index < -0.39 is 0 Å². The molecule has 2 heterocycles. The molecule has 0 aliphatic heterocycles. The van der Waals surface area contributed by atoms with E-state index in [0.717, 1.165) is 35.1 Å². The van der Waals surface area contributed by atoms with Gasteiger partial charge >= 0.3 is 0 Å². The lowest BCUT2D eigenvalue weighted by molar-refractivity contribution is 0.0719. The van der Waals surface area contributed by atoms with Crippen LogP contribution in [0.3, 0.4) is 0 Å². The molecule has 0 bridgehead atoms. The fraction of sp³-hybridized carbons (Fsp3) is 0.259. The maximum Gasteiger partial charge on any atom is 0.255 e. The van der Waals surface area contributed by atoms with Gasteiger partial charge in [-0.1, -0.05) is 18.2 Å². The predicted molar refractivity (Wildman–Crippen MR) is 128 cm³/mol. The number of fused-ring (bicyclic) bond motifs is 1. The summed E-state index contributed by atoms with van der Waals surface area (Å²) >= 11 is 0. The second-order valence-corrected chi connectivity index (χ2v) is 8.23. The van der Waals surface area contributed by atoms with Crippen molar-refractivity contribution in [2.45, 2.75) is 25.4 Å². The van der Waals surface area contributed by atoms with Crippen molar-refractivity contribution in [2.24, 2.45) is 0 Å². The Morgan fingerprint density at radius 3 is 2.35 bits per heavy atom. The lowest BCUT2D eigenvalue weighted by Gasteiger charge is -2.22. The lowest BCUT2D eigenvalue weighted by Crippen LogP contribution is -2.32. The summed E-state index contributed by atoms with van der Waals surface area (Å²) in [6.45, 7) is 0.437. The third-order valence-electron chi connectivity index (χ3n) is 6.06. The van der Waals surface area contributed by atoms with E-state index in [2.05, 4.69) is 0 Å². The first kappa shape index (κ1) is 21.8. The Morgan fingerprint density at radius 1 is 1.00 bits per heavy atom. The predicted octanol–water partition coefficient (Wildman–Crippen LogP) is 5.33. The summed E-state index contributed by atoms with van der Waals surface area (Å²) in [5.41, 5.74) is 2.76. The highest BCUT2D eigenvalue weighted by atomic mass is 16.5. The molecule has 0 radical (unpaired) electrons. The Kier molecular flexibility index (Phi) is 5.84. The SMILES string of the molecule is COc1cc(-c2cc(C(=O)N(Cc3ccco3)C3CC3)c3ccccc3n2)cc(OC)c1OC. The van der Waals surface area contributed by atoms with Crippen LogP contribution < -0.4 is 14.2 Å². The third-order valence-corrected chi connectivity index (χ3v) is 6.06. The van der Waals surface area contributed by atoms with Crippen LogP contribution in [0.25, 0.3) is 22.2 Å². The fourth-order valence-electron chi connectivity index (χ4n) is 4.21. The molecule has 1 fully saturated rings. The van der Waals surface area contributed by atoms with Crippen molar-refractivity contribution in [3.8, 4) is 28.5 Å². The molecule has 34 heavy (non-hydrogen) atoms. The first-order valence-electron chi connectivity index (χ1n) is 11.2. The number of furan rings is 1. The normalized spacial score (nSPS) is 13.0. The maximum atomic E-state index is 13.9. The van der Waals surface area contributed by atoms with Gasteiger partial charge in [0.05, 0.1) is 50.9 Å². The van der Waals surface area contributed by atoms with Crippen molar-refractivity contribution in [2.75, 3.05) is 21.3 Å². The van der Waals surface area contributed by atoms with Gasteiger partial charge in [0.15, 0.2) is 11.5 Å². The Hall–Kier alpha value is -4.00. The van der Waals surface area contributed by atoms with Crippen LogP contribution in [0.15, 0.2) is 65.3 Å². The molecule has 4 aromatic rings. The van der Waals surface area contributed by atoms with Crippen molar-refractivity contribution in [1.82, 2.24) is 9.88 Å². The first-order valence-corrected chi connectivity index (χ1v) is 11.2. The number of ether oxygens (including phenoxy) is 3. The van der Waals surface area contributed by atoms with Gasteiger partial charge in [0.25, 0.3) is 5.91 Å². The van der Waals surface area contributed by atoms with E-state index in [1.165, 1.54) is 0 Å². The highest BCUT2D eigenvalue weighted by Gasteiger charge is 2.34. The molecule has 2 aromatic heterocycles. The van der Waals surface area contributed by atoms with Gasteiger partial charge < -0.3 is 23.5 Å². The summed E-state index contributed by atoms with van der Waals surface area (Å²) in [5.74, 6) is 2.29.